The number of carbonyl (C=O) groups excluding carboxylic acids is 1. The monoisotopic (exact) mass is 278 g/mol. The lowest BCUT2D eigenvalue weighted by molar-refractivity contribution is -0.140. The lowest BCUT2D eigenvalue weighted by Crippen LogP contribution is -2.26. The van der Waals surface area contributed by atoms with Gasteiger partial charge in [-0.05, 0) is 18.2 Å². The molecule has 0 spiro atoms. The van der Waals surface area contributed by atoms with Gasteiger partial charge in [0, 0.05) is 5.41 Å². The maximum Gasteiger partial charge on any atom is 0.419 e. The summed E-state index contributed by atoms with van der Waals surface area (Å²) in [4.78, 5) is 11.6. The van der Waals surface area contributed by atoms with E-state index in [9.17, 15) is 22.4 Å². The van der Waals surface area contributed by atoms with Crippen molar-refractivity contribution < 1.29 is 27.1 Å². The van der Waals surface area contributed by atoms with Crippen molar-refractivity contribution in [2.75, 3.05) is 6.61 Å². The first-order valence-corrected chi connectivity index (χ1v) is 5.54. The highest BCUT2D eigenvalue weighted by Crippen LogP contribution is 2.33. The molecule has 0 N–H and O–H groups in total. The van der Waals surface area contributed by atoms with E-state index in [1.807, 2.05) is 0 Å². The molecule has 0 bridgehead atoms. The summed E-state index contributed by atoms with van der Waals surface area (Å²) in [6, 6.07) is 2.27. The van der Waals surface area contributed by atoms with E-state index in [0.717, 1.165) is 6.07 Å². The fourth-order valence-corrected chi connectivity index (χ4v) is 1.18. The first kappa shape index (κ1) is 15.5. The highest BCUT2D eigenvalue weighted by Gasteiger charge is 2.34. The molecule has 0 unspecified atom stereocenters. The van der Waals surface area contributed by atoms with Crippen LogP contribution < -0.4 is 4.74 Å². The average Bonchev–Trinajstić information content (AvgIpc) is 2.24. The molecule has 2 nitrogen and oxygen atoms in total. The van der Waals surface area contributed by atoms with E-state index in [4.69, 9.17) is 4.74 Å². The molecule has 0 radical (unpaired) electrons. The molecule has 106 valence electrons. The molecule has 0 aliphatic carbocycles. The van der Waals surface area contributed by atoms with Gasteiger partial charge in [-0.3, -0.25) is 4.79 Å². The zero-order valence-corrected chi connectivity index (χ0v) is 10.8. The molecule has 0 fully saturated rings. The largest absolute Gasteiger partial charge is 0.486 e. The minimum Gasteiger partial charge on any atom is -0.486 e. The maximum atomic E-state index is 13.0. The van der Waals surface area contributed by atoms with Crippen LogP contribution in [0.25, 0.3) is 0 Å². The van der Waals surface area contributed by atoms with Crippen molar-refractivity contribution in [2.24, 2.45) is 5.41 Å². The molecule has 0 heterocycles. The van der Waals surface area contributed by atoms with E-state index in [2.05, 4.69) is 0 Å². The van der Waals surface area contributed by atoms with Crippen LogP contribution in [0.2, 0.25) is 0 Å². The smallest absolute Gasteiger partial charge is 0.419 e. The summed E-state index contributed by atoms with van der Waals surface area (Å²) >= 11 is 0. The van der Waals surface area contributed by atoms with Gasteiger partial charge in [0.1, 0.15) is 18.2 Å². The molecule has 6 heteroatoms. The van der Waals surface area contributed by atoms with Crippen LogP contribution in [0.4, 0.5) is 17.6 Å². The van der Waals surface area contributed by atoms with Crippen molar-refractivity contribution in [2.45, 2.75) is 26.9 Å². The predicted molar refractivity (Wildman–Crippen MR) is 61.4 cm³/mol. The average molecular weight is 278 g/mol. The Hall–Kier alpha value is -1.59. The summed E-state index contributed by atoms with van der Waals surface area (Å²) in [7, 11) is 0. The number of hydrogen-bond donors (Lipinski definition) is 0. The Morgan fingerprint density at radius 2 is 1.79 bits per heavy atom. The van der Waals surface area contributed by atoms with Gasteiger partial charge in [-0.15, -0.1) is 0 Å². The Kier molecular flexibility index (Phi) is 4.22. The Bertz CT molecular complexity index is 473. The number of halogens is 4. The summed E-state index contributed by atoms with van der Waals surface area (Å²) in [6.45, 7) is 4.66. The highest BCUT2D eigenvalue weighted by molar-refractivity contribution is 5.85. The Balaban J connectivity index is 2.85. The quantitative estimate of drug-likeness (QED) is 0.785. The number of hydrogen-bond acceptors (Lipinski definition) is 2. The van der Waals surface area contributed by atoms with E-state index < -0.39 is 23.0 Å². The third kappa shape index (κ3) is 4.22. The minimum atomic E-state index is -4.79. The van der Waals surface area contributed by atoms with Gasteiger partial charge in [0.15, 0.2) is 5.78 Å². The van der Waals surface area contributed by atoms with E-state index in [1.54, 1.807) is 20.8 Å². The normalized spacial score (nSPS) is 12.4. The minimum absolute atomic E-state index is 0.189. The predicted octanol–water partition coefficient (Wildman–Crippen LogP) is 3.84. The molecular formula is C13H14F4O2. The summed E-state index contributed by atoms with van der Waals surface area (Å²) in [5.41, 5.74) is -2.06. The molecular weight excluding hydrogens is 264 g/mol. The van der Waals surface area contributed by atoms with Crippen LogP contribution in [-0.2, 0) is 11.0 Å². The van der Waals surface area contributed by atoms with E-state index in [-0.39, 0.29) is 18.1 Å². The first-order chi connectivity index (χ1) is 8.51. The fraction of sp³-hybridized carbons (Fsp3) is 0.462. The van der Waals surface area contributed by atoms with Gasteiger partial charge < -0.3 is 4.74 Å². The van der Waals surface area contributed by atoms with Crippen molar-refractivity contribution in [3.05, 3.63) is 29.6 Å². The molecule has 1 rings (SSSR count). The van der Waals surface area contributed by atoms with E-state index >= 15 is 0 Å². The zero-order chi connectivity index (χ0) is 14.8. The van der Waals surface area contributed by atoms with Gasteiger partial charge >= 0.3 is 6.18 Å². The van der Waals surface area contributed by atoms with Crippen molar-refractivity contribution in [1.82, 2.24) is 0 Å². The zero-order valence-electron chi connectivity index (χ0n) is 10.8. The maximum absolute atomic E-state index is 13.0. The summed E-state index contributed by atoms with van der Waals surface area (Å²) in [6.07, 6.45) is -4.79. The molecule has 0 saturated carbocycles. The summed E-state index contributed by atoms with van der Waals surface area (Å²) in [5, 5.41) is 0. The van der Waals surface area contributed by atoms with Gasteiger partial charge in [-0.1, -0.05) is 20.8 Å². The third-order valence-corrected chi connectivity index (χ3v) is 2.45. The molecule has 0 amide bonds. The van der Waals surface area contributed by atoms with Crippen LogP contribution in [-0.4, -0.2) is 12.4 Å². The SMILES string of the molecule is CC(C)(C)C(=O)COc1ccc(F)c(C(F)(F)F)c1. The Labute approximate surface area is 108 Å². The topological polar surface area (TPSA) is 26.3 Å². The first-order valence-electron chi connectivity index (χ1n) is 5.54. The number of carbonyl (C=O) groups is 1. The lowest BCUT2D eigenvalue weighted by atomic mass is 9.91. The van der Waals surface area contributed by atoms with Crippen molar-refractivity contribution >= 4 is 5.78 Å². The summed E-state index contributed by atoms with van der Waals surface area (Å²) < 4.78 is 55.3. The van der Waals surface area contributed by atoms with Crippen LogP contribution in [0.15, 0.2) is 18.2 Å². The van der Waals surface area contributed by atoms with Crippen molar-refractivity contribution in [3.63, 3.8) is 0 Å². The second-order valence-electron chi connectivity index (χ2n) is 5.10. The van der Waals surface area contributed by atoms with Crippen LogP contribution in [0, 0.1) is 11.2 Å². The van der Waals surface area contributed by atoms with Crippen LogP contribution in [0.1, 0.15) is 26.3 Å². The highest BCUT2D eigenvalue weighted by atomic mass is 19.4. The molecule has 0 saturated heterocycles. The molecule has 1 aromatic carbocycles. The molecule has 19 heavy (non-hydrogen) atoms. The number of ketones is 1. The van der Waals surface area contributed by atoms with Crippen molar-refractivity contribution in [3.8, 4) is 5.75 Å². The van der Waals surface area contributed by atoms with Gasteiger partial charge in [0.05, 0.1) is 5.56 Å². The van der Waals surface area contributed by atoms with Gasteiger partial charge in [0.25, 0.3) is 0 Å². The number of benzene rings is 1. The van der Waals surface area contributed by atoms with Gasteiger partial charge in [-0.25, -0.2) is 4.39 Å². The van der Waals surface area contributed by atoms with Crippen LogP contribution >= 0.6 is 0 Å². The molecule has 0 aliphatic heterocycles. The Morgan fingerprint density at radius 3 is 2.26 bits per heavy atom. The second kappa shape index (κ2) is 5.19. The molecule has 0 aliphatic rings. The van der Waals surface area contributed by atoms with Crippen LogP contribution in [0.5, 0.6) is 5.75 Å². The number of alkyl halides is 3. The number of rotatable bonds is 3. The lowest BCUT2D eigenvalue weighted by Gasteiger charge is -2.17. The van der Waals surface area contributed by atoms with Gasteiger partial charge in [-0.2, -0.15) is 13.2 Å². The molecule has 0 aromatic heterocycles. The third-order valence-electron chi connectivity index (χ3n) is 2.45. The fourth-order valence-electron chi connectivity index (χ4n) is 1.18. The van der Waals surface area contributed by atoms with E-state index in [1.165, 1.54) is 0 Å². The van der Waals surface area contributed by atoms with Gasteiger partial charge in [0.2, 0.25) is 0 Å². The number of Topliss-reactive ketones (excluding diaryl/α,β-unsaturated/α-hetero) is 1. The summed E-state index contributed by atoms with van der Waals surface area (Å²) in [5.74, 6) is -1.82. The van der Waals surface area contributed by atoms with E-state index in [0.29, 0.717) is 12.1 Å². The second-order valence-corrected chi connectivity index (χ2v) is 5.10. The van der Waals surface area contributed by atoms with Crippen molar-refractivity contribution in [1.29, 1.82) is 0 Å². The Morgan fingerprint density at radius 1 is 1.21 bits per heavy atom. The standard InChI is InChI=1S/C13H14F4O2/c1-12(2,3)11(18)7-19-8-4-5-10(14)9(6-8)13(15,16)17/h4-6H,7H2,1-3H3. The number of ether oxygens (including phenoxy) is 1. The molecule has 1 aromatic rings. The van der Waals surface area contributed by atoms with Crippen LogP contribution in [0.3, 0.4) is 0 Å². The molecule has 0 atom stereocenters.